The van der Waals surface area contributed by atoms with E-state index in [1.165, 1.54) is 103 Å². The summed E-state index contributed by atoms with van der Waals surface area (Å²) in [5, 5.41) is 0. The number of hydrogen-bond acceptors (Lipinski definition) is 2. The molecule has 1 aromatic carbocycles. The third-order valence-electron chi connectivity index (χ3n) is 8.22. The lowest BCUT2D eigenvalue weighted by Gasteiger charge is -2.31. The van der Waals surface area contributed by atoms with E-state index < -0.39 is 0 Å². The summed E-state index contributed by atoms with van der Waals surface area (Å²) < 4.78 is 12.2. The van der Waals surface area contributed by atoms with Gasteiger partial charge in [0.05, 0.1) is 13.2 Å². The first kappa shape index (κ1) is 25.4. The summed E-state index contributed by atoms with van der Waals surface area (Å²) in [4.78, 5) is 0. The van der Waals surface area contributed by atoms with Crippen molar-refractivity contribution < 1.29 is 9.47 Å². The topological polar surface area (TPSA) is 18.5 Å². The van der Waals surface area contributed by atoms with Crippen molar-refractivity contribution in [3.63, 3.8) is 0 Å². The van der Waals surface area contributed by atoms with Crippen molar-refractivity contribution in [3.8, 4) is 11.5 Å². The summed E-state index contributed by atoms with van der Waals surface area (Å²) in [6.07, 6.45) is 22.2. The second-order valence-electron chi connectivity index (χ2n) is 10.7. The highest BCUT2D eigenvalue weighted by molar-refractivity contribution is 5.31. The van der Waals surface area contributed by atoms with Crippen LogP contribution in [0.2, 0.25) is 0 Å². The third kappa shape index (κ3) is 8.99. The largest absolute Gasteiger partial charge is 0.494 e. The van der Waals surface area contributed by atoms with Crippen LogP contribution < -0.4 is 9.47 Å². The first-order valence-electron chi connectivity index (χ1n) is 14.1. The summed E-state index contributed by atoms with van der Waals surface area (Å²) in [5.41, 5.74) is 0. The fourth-order valence-electron chi connectivity index (χ4n) is 6.07. The highest BCUT2D eigenvalue weighted by atomic mass is 16.5. The first-order valence-corrected chi connectivity index (χ1v) is 14.1. The van der Waals surface area contributed by atoms with E-state index in [1.54, 1.807) is 0 Å². The van der Waals surface area contributed by atoms with Gasteiger partial charge in [-0.3, -0.25) is 0 Å². The molecule has 0 spiro atoms. The van der Waals surface area contributed by atoms with Crippen LogP contribution in [0.4, 0.5) is 0 Å². The van der Waals surface area contributed by atoms with Crippen molar-refractivity contribution >= 4 is 0 Å². The zero-order valence-corrected chi connectivity index (χ0v) is 21.2. The molecule has 2 nitrogen and oxygen atoms in total. The summed E-state index contributed by atoms with van der Waals surface area (Å²) in [7, 11) is 0. The Kier molecular flexibility index (Phi) is 11.8. The van der Waals surface area contributed by atoms with Crippen LogP contribution in [0.1, 0.15) is 117 Å². The predicted molar refractivity (Wildman–Crippen MR) is 137 cm³/mol. The van der Waals surface area contributed by atoms with E-state index in [1.807, 2.05) is 0 Å². The predicted octanol–water partition coefficient (Wildman–Crippen LogP) is 9.22. The van der Waals surface area contributed by atoms with Gasteiger partial charge >= 0.3 is 0 Å². The molecule has 2 atom stereocenters. The average molecular weight is 443 g/mol. The van der Waals surface area contributed by atoms with E-state index in [0.29, 0.717) is 0 Å². The Morgan fingerprint density at radius 2 is 1.16 bits per heavy atom. The zero-order chi connectivity index (χ0) is 22.4. The molecular weight excluding hydrogens is 392 g/mol. The molecule has 0 saturated heterocycles. The van der Waals surface area contributed by atoms with Crippen LogP contribution in [0.25, 0.3) is 0 Å². The molecule has 3 rings (SSSR count). The van der Waals surface area contributed by atoms with Crippen LogP contribution >= 0.6 is 0 Å². The van der Waals surface area contributed by atoms with Crippen LogP contribution in [0.5, 0.6) is 11.5 Å². The lowest BCUT2D eigenvalue weighted by Crippen LogP contribution is -2.20. The minimum Gasteiger partial charge on any atom is -0.494 e. The molecule has 32 heavy (non-hydrogen) atoms. The number of rotatable bonds is 14. The number of unbranched alkanes of at least 4 members (excludes halogenated alkanes) is 2. The van der Waals surface area contributed by atoms with Gasteiger partial charge in [0, 0.05) is 0 Å². The van der Waals surface area contributed by atoms with Crippen molar-refractivity contribution in [2.75, 3.05) is 13.2 Å². The van der Waals surface area contributed by atoms with E-state index in [9.17, 15) is 0 Å². The van der Waals surface area contributed by atoms with E-state index in [0.717, 1.165) is 48.4 Å². The number of ether oxygens (including phenoxy) is 2. The lowest BCUT2D eigenvalue weighted by molar-refractivity contribution is 0.177. The van der Waals surface area contributed by atoms with Crippen LogP contribution in [0.15, 0.2) is 24.3 Å². The quantitative estimate of drug-likeness (QED) is 0.267. The molecule has 0 aromatic heterocycles. The minimum atomic E-state index is 0.741. The Morgan fingerprint density at radius 3 is 1.78 bits per heavy atom. The highest BCUT2D eigenvalue weighted by Crippen LogP contribution is 2.36. The minimum absolute atomic E-state index is 0.741. The fraction of sp³-hybridized carbons (Fsp3) is 0.800. The van der Waals surface area contributed by atoms with Gasteiger partial charge in [0.1, 0.15) is 11.5 Å². The Labute approximate surface area is 198 Å². The fourth-order valence-corrected chi connectivity index (χ4v) is 6.07. The molecule has 182 valence electrons. The lowest BCUT2D eigenvalue weighted by atomic mass is 9.75. The van der Waals surface area contributed by atoms with Gasteiger partial charge in [-0.05, 0) is 73.6 Å². The Bertz CT molecular complexity index is 587. The molecule has 0 bridgehead atoms. The summed E-state index contributed by atoms with van der Waals surface area (Å²) >= 11 is 0. The molecule has 2 saturated carbocycles. The Balaban J connectivity index is 1.28. The van der Waals surface area contributed by atoms with Crippen molar-refractivity contribution in [1.29, 1.82) is 0 Å². The molecular formula is C30H50O2. The summed E-state index contributed by atoms with van der Waals surface area (Å²) in [6.45, 7) is 6.35. The molecule has 0 aliphatic heterocycles. The van der Waals surface area contributed by atoms with E-state index in [2.05, 4.69) is 38.1 Å². The average Bonchev–Trinajstić information content (AvgIpc) is 2.84. The van der Waals surface area contributed by atoms with E-state index in [-0.39, 0.29) is 0 Å². The monoisotopic (exact) mass is 442 g/mol. The maximum absolute atomic E-state index is 6.11. The van der Waals surface area contributed by atoms with Gasteiger partial charge in [-0.15, -0.1) is 0 Å². The van der Waals surface area contributed by atoms with Gasteiger partial charge < -0.3 is 9.47 Å². The second-order valence-corrected chi connectivity index (χ2v) is 10.7. The second kappa shape index (κ2) is 14.9. The van der Waals surface area contributed by atoms with Crippen LogP contribution in [0, 0.1) is 23.7 Å². The van der Waals surface area contributed by atoms with Crippen LogP contribution in [0.3, 0.4) is 0 Å². The normalized spacial score (nSPS) is 26.1. The molecule has 2 fully saturated rings. The Morgan fingerprint density at radius 1 is 0.625 bits per heavy atom. The van der Waals surface area contributed by atoms with Gasteiger partial charge in [-0.25, -0.2) is 0 Å². The third-order valence-corrected chi connectivity index (χ3v) is 8.22. The molecule has 2 heteroatoms. The molecule has 2 unspecified atom stereocenters. The smallest absolute Gasteiger partial charge is 0.119 e. The molecule has 2 aliphatic rings. The highest BCUT2D eigenvalue weighted by Gasteiger charge is 2.24. The Hall–Kier alpha value is -1.18. The van der Waals surface area contributed by atoms with Gasteiger partial charge in [0.15, 0.2) is 0 Å². The van der Waals surface area contributed by atoms with Crippen molar-refractivity contribution in [1.82, 2.24) is 0 Å². The van der Waals surface area contributed by atoms with Gasteiger partial charge in [-0.2, -0.15) is 0 Å². The number of benzene rings is 1. The summed E-state index contributed by atoms with van der Waals surface area (Å²) in [5.74, 6) is 5.61. The van der Waals surface area contributed by atoms with Gasteiger partial charge in [0.2, 0.25) is 0 Å². The molecule has 2 aliphatic carbocycles. The van der Waals surface area contributed by atoms with Crippen molar-refractivity contribution in [2.45, 2.75) is 117 Å². The van der Waals surface area contributed by atoms with Crippen LogP contribution in [-0.4, -0.2) is 13.2 Å². The van der Waals surface area contributed by atoms with E-state index in [4.69, 9.17) is 9.47 Å². The first-order chi connectivity index (χ1) is 15.8. The van der Waals surface area contributed by atoms with Crippen LogP contribution in [-0.2, 0) is 0 Å². The van der Waals surface area contributed by atoms with E-state index >= 15 is 0 Å². The maximum atomic E-state index is 6.11. The summed E-state index contributed by atoms with van der Waals surface area (Å²) in [6, 6.07) is 8.34. The van der Waals surface area contributed by atoms with Gasteiger partial charge in [-0.1, -0.05) is 90.9 Å². The standard InChI is InChI=1S/C30H50O2/c1-3-5-10-25-15-17-26(18-16-25)24-32-30-21-19-29(20-22-30)31-23-9-14-28-13-8-7-12-27(28)11-6-4-2/h19-22,25-28H,3-18,23-24H2,1-2H3. The zero-order valence-electron chi connectivity index (χ0n) is 21.2. The molecule has 1 aromatic rings. The van der Waals surface area contributed by atoms with Crippen molar-refractivity contribution in [3.05, 3.63) is 24.3 Å². The molecule has 0 radical (unpaired) electrons. The molecule has 0 heterocycles. The molecule has 0 N–H and O–H groups in total. The number of hydrogen-bond donors (Lipinski definition) is 0. The SMILES string of the molecule is CCCCC1CCC(COc2ccc(OCCCC3CCCCC3CCCC)cc2)CC1. The molecule has 0 amide bonds. The maximum Gasteiger partial charge on any atom is 0.119 e. The van der Waals surface area contributed by atoms with Gasteiger partial charge in [0.25, 0.3) is 0 Å². The van der Waals surface area contributed by atoms with Crippen molar-refractivity contribution in [2.24, 2.45) is 23.7 Å².